The summed E-state index contributed by atoms with van der Waals surface area (Å²) in [5.74, 6) is -1.96. The van der Waals surface area contributed by atoms with Crippen LogP contribution < -0.4 is 4.74 Å². The average Bonchev–Trinajstić information content (AvgIpc) is 3.01. The number of hydrogen-bond donors (Lipinski definition) is 1. The summed E-state index contributed by atoms with van der Waals surface area (Å²) in [6.07, 6.45) is 0. The smallest absolute Gasteiger partial charge is 0.295 e. The van der Waals surface area contributed by atoms with Crippen LogP contribution in [-0.2, 0) is 19.7 Å². The van der Waals surface area contributed by atoms with Gasteiger partial charge in [-0.1, -0.05) is 39.0 Å². The van der Waals surface area contributed by atoms with E-state index in [-0.39, 0.29) is 29.9 Å². The highest BCUT2D eigenvalue weighted by Gasteiger charge is 2.46. The van der Waals surface area contributed by atoms with Crippen molar-refractivity contribution in [2.24, 2.45) is 0 Å². The summed E-state index contributed by atoms with van der Waals surface area (Å²) in [5.41, 5.74) is 1.46. The molecule has 1 aliphatic heterocycles. The van der Waals surface area contributed by atoms with Crippen molar-refractivity contribution in [3.63, 3.8) is 0 Å². The number of halogens is 1. The molecule has 170 valence electrons. The minimum Gasteiger partial charge on any atom is -0.507 e. The van der Waals surface area contributed by atoms with Crippen LogP contribution in [0, 0.1) is 5.82 Å². The van der Waals surface area contributed by atoms with Gasteiger partial charge in [-0.3, -0.25) is 9.59 Å². The minimum atomic E-state index is -0.881. The van der Waals surface area contributed by atoms with Crippen molar-refractivity contribution in [3.8, 4) is 5.75 Å². The largest absolute Gasteiger partial charge is 0.507 e. The van der Waals surface area contributed by atoms with Gasteiger partial charge in [-0.25, -0.2) is 4.39 Å². The first kappa shape index (κ1) is 23.5. The van der Waals surface area contributed by atoms with Crippen LogP contribution in [0.25, 0.3) is 5.76 Å². The van der Waals surface area contributed by atoms with Crippen molar-refractivity contribution in [1.29, 1.82) is 0 Å². The number of Topliss-reactive ketones (excluding diaryl/α,β-unsaturated/α-hetero) is 1. The monoisotopic (exact) mass is 441 g/mol. The lowest BCUT2D eigenvalue weighted by molar-refractivity contribution is -0.140. The molecule has 3 rings (SSSR count). The summed E-state index contributed by atoms with van der Waals surface area (Å²) in [6.45, 7) is 6.43. The number of ketones is 1. The predicted molar refractivity (Wildman–Crippen MR) is 119 cm³/mol. The van der Waals surface area contributed by atoms with Gasteiger partial charge in [0.1, 0.15) is 17.3 Å². The highest BCUT2D eigenvalue weighted by Crippen LogP contribution is 2.41. The minimum absolute atomic E-state index is 0.0675. The molecule has 0 saturated carbocycles. The molecule has 0 bridgehead atoms. The molecule has 32 heavy (non-hydrogen) atoms. The maximum atomic E-state index is 13.6. The lowest BCUT2D eigenvalue weighted by Gasteiger charge is -2.25. The van der Waals surface area contributed by atoms with Gasteiger partial charge in [0.25, 0.3) is 11.7 Å². The number of aliphatic hydroxyl groups is 1. The van der Waals surface area contributed by atoms with E-state index in [4.69, 9.17) is 9.47 Å². The number of hydrogen-bond acceptors (Lipinski definition) is 5. The number of likely N-dealkylation sites (tertiary alicyclic amines) is 1. The van der Waals surface area contributed by atoms with Gasteiger partial charge in [0.05, 0.1) is 30.9 Å². The third-order valence-electron chi connectivity index (χ3n) is 5.58. The molecule has 1 atom stereocenters. The number of ether oxygens (including phenoxy) is 2. The summed E-state index contributed by atoms with van der Waals surface area (Å²) >= 11 is 0. The summed E-state index contributed by atoms with van der Waals surface area (Å²) in [7, 11) is 2.96. The first-order chi connectivity index (χ1) is 15.1. The molecule has 1 aliphatic rings. The van der Waals surface area contributed by atoms with Crippen LogP contribution in [0.5, 0.6) is 5.75 Å². The maximum absolute atomic E-state index is 13.6. The van der Waals surface area contributed by atoms with E-state index in [1.54, 1.807) is 12.1 Å². The highest BCUT2D eigenvalue weighted by molar-refractivity contribution is 6.46. The zero-order valence-electron chi connectivity index (χ0n) is 18.9. The van der Waals surface area contributed by atoms with Gasteiger partial charge in [0.15, 0.2) is 0 Å². The summed E-state index contributed by atoms with van der Waals surface area (Å²) in [4.78, 5) is 27.3. The van der Waals surface area contributed by atoms with Crippen molar-refractivity contribution < 1.29 is 28.6 Å². The number of nitrogens with zero attached hydrogens (tertiary/aromatic N) is 1. The number of methoxy groups -OCH3 is 2. The van der Waals surface area contributed by atoms with Gasteiger partial charge in [-0.2, -0.15) is 0 Å². The van der Waals surface area contributed by atoms with Crippen LogP contribution in [0.3, 0.4) is 0 Å². The number of aliphatic hydroxyl groups excluding tert-OH is 1. The number of carbonyl (C=O) groups is 2. The van der Waals surface area contributed by atoms with Crippen LogP contribution in [0.1, 0.15) is 43.5 Å². The SMILES string of the molecule is COCCN1C(=O)C(=O)/C(=C(/O)c2cc(C(C)(C)C)ccc2OC)C1c1ccc(F)cc1. The Morgan fingerprint density at radius 2 is 1.75 bits per heavy atom. The molecule has 0 spiro atoms. The van der Waals surface area contributed by atoms with Gasteiger partial charge in [-0.15, -0.1) is 0 Å². The molecule has 1 heterocycles. The fourth-order valence-corrected chi connectivity index (χ4v) is 3.80. The molecular formula is C25H28FNO5. The van der Waals surface area contributed by atoms with E-state index in [1.807, 2.05) is 26.8 Å². The molecule has 6 nitrogen and oxygen atoms in total. The van der Waals surface area contributed by atoms with Crippen molar-refractivity contribution in [1.82, 2.24) is 4.90 Å². The second-order valence-electron chi connectivity index (χ2n) is 8.70. The topological polar surface area (TPSA) is 76.1 Å². The Morgan fingerprint density at radius 1 is 1.09 bits per heavy atom. The van der Waals surface area contributed by atoms with E-state index >= 15 is 0 Å². The Balaban J connectivity index is 2.25. The Kier molecular flexibility index (Phi) is 6.69. The first-order valence-corrected chi connectivity index (χ1v) is 10.3. The molecule has 1 N–H and O–H groups in total. The molecular weight excluding hydrogens is 413 g/mol. The standard InChI is InChI=1S/C25H28FNO5/c1-25(2,3)16-8-11-19(32-5)18(14-16)22(28)20-21(15-6-9-17(26)10-7-15)27(12-13-31-4)24(30)23(20)29/h6-11,14,21,28H,12-13H2,1-5H3/b22-20+. The summed E-state index contributed by atoms with van der Waals surface area (Å²) in [6, 6.07) is 10.0. The molecule has 1 fully saturated rings. The average molecular weight is 441 g/mol. The van der Waals surface area contributed by atoms with Crippen molar-refractivity contribution >= 4 is 17.4 Å². The van der Waals surface area contributed by atoms with Crippen LogP contribution in [-0.4, -0.2) is 49.1 Å². The molecule has 1 saturated heterocycles. The molecule has 7 heteroatoms. The van der Waals surface area contributed by atoms with Gasteiger partial charge < -0.3 is 19.5 Å². The van der Waals surface area contributed by atoms with Crippen molar-refractivity contribution in [2.75, 3.05) is 27.4 Å². The Bertz CT molecular complexity index is 1050. The second kappa shape index (κ2) is 9.12. The zero-order chi connectivity index (χ0) is 23.6. The molecule has 2 aromatic carbocycles. The van der Waals surface area contributed by atoms with Gasteiger partial charge in [-0.05, 0) is 40.8 Å². The highest BCUT2D eigenvalue weighted by atomic mass is 19.1. The van der Waals surface area contributed by atoms with E-state index in [0.717, 1.165) is 5.56 Å². The van der Waals surface area contributed by atoms with Gasteiger partial charge >= 0.3 is 0 Å². The maximum Gasteiger partial charge on any atom is 0.295 e. The van der Waals surface area contributed by atoms with Crippen LogP contribution >= 0.6 is 0 Å². The van der Waals surface area contributed by atoms with Gasteiger partial charge in [0.2, 0.25) is 0 Å². The van der Waals surface area contributed by atoms with Crippen molar-refractivity contribution in [2.45, 2.75) is 32.2 Å². The fourth-order valence-electron chi connectivity index (χ4n) is 3.80. The number of carbonyl (C=O) groups excluding carboxylic acids is 2. The van der Waals surface area contributed by atoms with Crippen LogP contribution in [0.2, 0.25) is 0 Å². The molecule has 2 aromatic rings. The van der Waals surface area contributed by atoms with Gasteiger partial charge in [0, 0.05) is 13.7 Å². The third kappa shape index (κ3) is 4.39. The molecule has 0 aromatic heterocycles. The van der Waals surface area contributed by atoms with E-state index < -0.39 is 23.5 Å². The fraction of sp³-hybridized carbons (Fsp3) is 0.360. The number of rotatable bonds is 6. The number of amides is 1. The molecule has 1 amide bonds. The predicted octanol–water partition coefficient (Wildman–Crippen LogP) is 4.20. The zero-order valence-corrected chi connectivity index (χ0v) is 18.9. The number of benzene rings is 2. The van der Waals surface area contributed by atoms with Crippen LogP contribution in [0.4, 0.5) is 4.39 Å². The Labute approximate surface area is 187 Å². The van der Waals surface area contributed by atoms with E-state index in [0.29, 0.717) is 16.9 Å². The van der Waals surface area contributed by atoms with E-state index in [2.05, 4.69) is 0 Å². The third-order valence-corrected chi connectivity index (χ3v) is 5.58. The second-order valence-corrected chi connectivity index (χ2v) is 8.70. The molecule has 1 unspecified atom stereocenters. The lowest BCUT2D eigenvalue weighted by atomic mass is 9.85. The Hall–Kier alpha value is -3.19. The summed E-state index contributed by atoms with van der Waals surface area (Å²) in [5, 5.41) is 11.3. The van der Waals surface area contributed by atoms with Crippen molar-refractivity contribution in [3.05, 3.63) is 70.5 Å². The summed E-state index contributed by atoms with van der Waals surface area (Å²) < 4.78 is 24.1. The normalized spacial score (nSPS) is 18.3. The van der Waals surface area contributed by atoms with Crippen LogP contribution in [0.15, 0.2) is 48.0 Å². The Morgan fingerprint density at radius 3 is 2.31 bits per heavy atom. The van der Waals surface area contributed by atoms with E-state index in [1.165, 1.54) is 43.4 Å². The molecule has 0 aliphatic carbocycles. The molecule has 0 radical (unpaired) electrons. The van der Waals surface area contributed by atoms with E-state index in [9.17, 15) is 19.1 Å². The first-order valence-electron chi connectivity index (χ1n) is 10.3. The quantitative estimate of drug-likeness (QED) is 0.413. The lowest BCUT2D eigenvalue weighted by Crippen LogP contribution is -2.32.